The monoisotopic (exact) mass is 350 g/mol. The highest BCUT2D eigenvalue weighted by Crippen LogP contribution is 2.48. The molecule has 1 saturated carbocycles. The van der Waals surface area contributed by atoms with E-state index >= 15 is 0 Å². The molecule has 3 fully saturated rings. The molecule has 2 saturated heterocycles. The zero-order valence-corrected chi connectivity index (χ0v) is 14.4. The van der Waals surface area contributed by atoms with Crippen molar-refractivity contribution in [3.05, 3.63) is 17.2 Å². The third kappa shape index (κ3) is 2.02. The van der Waals surface area contributed by atoms with Crippen molar-refractivity contribution < 1.29 is 19.1 Å². The molecule has 128 valence electrons. The van der Waals surface area contributed by atoms with Crippen molar-refractivity contribution in [1.29, 1.82) is 0 Å². The Labute approximate surface area is 145 Å². The Morgan fingerprint density at radius 3 is 2.67 bits per heavy atom. The molecule has 0 aromatic heterocycles. The molecular formula is C17H19ClN2O4. The van der Waals surface area contributed by atoms with Gasteiger partial charge < -0.3 is 14.4 Å². The predicted octanol–water partition coefficient (Wildman–Crippen LogP) is 2.92. The predicted molar refractivity (Wildman–Crippen MR) is 88.8 cm³/mol. The Balaban J connectivity index is 1.76. The van der Waals surface area contributed by atoms with Gasteiger partial charge in [-0.25, -0.2) is 9.69 Å². The van der Waals surface area contributed by atoms with Crippen molar-refractivity contribution in [2.45, 2.75) is 25.3 Å². The van der Waals surface area contributed by atoms with Gasteiger partial charge in [0.25, 0.3) is 5.91 Å². The van der Waals surface area contributed by atoms with Gasteiger partial charge in [-0.15, -0.1) is 0 Å². The molecule has 3 amide bonds. The fraction of sp³-hybridized carbons (Fsp3) is 0.529. The van der Waals surface area contributed by atoms with Gasteiger partial charge in [-0.3, -0.25) is 4.79 Å². The maximum Gasteiger partial charge on any atom is 0.332 e. The molecule has 6 nitrogen and oxygen atoms in total. The van der Waals surface area contributed by atoms with Crippen LogP contribution in [0.2, 0.25) is 5.02 Å². The van der Waals surface area contributed by atoms with Gasteiger partial charge >= 0.3 is 6.03 Å². The molecule has 1 aliphatic carbocycles. The van der Waals surface area contributed by atoms with Crippen LogP contribution in [0.15, 0.2) is 12.1 Å². The molecule has 4 rings (SSSR count). The van der Waals surface area contributed by atoms with E-state index in [0.717, 1.165) is 19.3 Å². The molecule has 0 N–H and O–H groups in total. The highest BCUT2D eigenvalue weighted by atomic mass is 35.5. The van der Waals surface area contributed by atoms with Crippen molar-refractivity contribution in [3.63, 3.8) is 0 Å². The molecule has 1 aromatic rings. The Hall–Kier alpha value is -1.95. The van der Waals surface area contributed by atoms with Crippen LogP contribution in [0, 0.1) is 11.8 Å². The number of methoxy groups -OCH3 is 2. The van der Waals surface area contributed by atoms with E-state index in [-0.39, 0.29) is 28.9 Å². The summed E-state index contributed by atoms with van der Waals surface area (Å²) in [5.74, 6) is 1.40. The molecule has 0 radical (unpaired) electrons. The molecule has 3 unspecified atom stereocenters. The summed E-state index contributed by atoms with van der Waals surface area (Å²) in [6.45, 7) is 0.662. The van der Waals surface area contributed by atoms with Crippen LogP contribution < -0.4 is 14.4 Å². The molecule has 3 atom stereocenters. The summed E-state index contributed by atoms with van der Waals surface area (Å²) < 4.78 is 10.5. The van der Waals surface area contributed by atoms with E-state index in [1.165, 1.54) is 19.1 Å². The lowest BCUT2D eigenvalue weighted by molar-refractivity contribution is -0.120. The van der Waals surface area contributed by atoms with E-state index in [4.69, 9.17) is 21.1 Å². The minimum atomic E-state index is -0.349. The largest absolute Gasteiger partial charge is 0.497 e. The Morgan fingerprint density at radius 2 is 1.96 bits per heavy atom. The van der Waals surface area contributed by atoms with Crippen LogP contribution in [0.1, 0.15) is 19.3 Å². The second-order valence-electron chi connectivity index (χ2n) is 6.57. The zero-order chi connectivity index (χ0) is 17.0. The first kappa shape index (κ1) is 15.6. The van der Waals surface area contributed by atoms with E-state index in [2.05, 4.69) is 0 Å². The van der Waals surface area contributed by atoms with Crippen molar-refractivity contribution >= 4 is 29.2 Å². The van der Waals surface area contributed by atoms with E-state index in [1.54, 1.807) is 17.0 Å². The molecule has 7 heteroatoms. The van der Waals surface area contributed by atoms with Crippen LogP contribution in [0.3, 0.4) is 0 Å². The Morgan fingerprint density at radius 1 is 1.17 bits per heavy atom. The number of carbonyl (C=O) groups is 2. The first-order valence-corrected chi connectivity index (χ1v) is 8.50. The number of rotatable bonds is 3. The van der Waals surface area contributed by atoms with Crippen molar-refractivity contribution in [1.82, 2.24) is 4.90 Å². The molecule has 0 spiro atoms. The maximum atomic E-state index is 13.0. The fourth-order valence-electron chi connectivity index (χ4n) is 4.38. The van der Waals surface area contributed by atoms with Crippen LogP contribution in [0.25, 0.3) is 0 Å². The highest BCUT2D eigenvalue weighted by molar-refractivity contribution is 6.37. The van der Waals surface area contributed by atoms with Crippen molar-refractivity contribution in [2.24, 2.45) is 11.8 Å². The summed E-state index contributed by atoms with van der Waals surface area (Å²) in [5, 5.41) is 0.240. The summed E-state index contributed by atoms with van der Waals surface area (Å²) in [5.41, 5.74) is 0.326. The number of ether oxygens (including phenoxy) is 2. The summed E-state index contributed by atoms with van der Waals surface area (Å²) in [6.07, 6.45) is 3.24. The number of fused-ring (bicyclic) bond motifs is 3. The van der Waals surface area contributed by atoms with Gasteiger partial charge in [-0.1, -0.05) is 18.0 Å². The van der Waals surface area contributed by atoms with Crippen LogP contribution in [-0.2, 0) is 4.79 Å². The number of imide groups is 1. The summed E-state index contributed by atoms with van der Waals surface area (Å²) in [6, 6.07) is 2.59. The minimum absolute atomic E-state index is 0.188. The summed E-state index contributed by atoms with van der Waals surface area (Å²) in [7, 11) is 3.00. The SMILES string of the molecule is COc1cc(OC)c(Cl)c(N2C(=O)C3C4CCCC4CN3C2=O)c1. The third-order valence-electron chi connectivity index (χ3n) is 5.49. The quantitative estimate of drug-likeness (QED) is 0.786. The third-order valence-corrected chi connectivity index (χ3v) is 5.87. The van der Waals surface area contributed by atoms with Crippen LogP contribution in [-0.4, -0.2) is 43.6 Å². The van der Waals surface area contributed by atoms with Gasteiger partial charge in [0.15, 0.2) is 0 Å². The molecule has 24 heavy (non-hydrogen) atoms. The zero-order valence-electron chi connectivity index (χ0n) is 13.6. The Kier molecular flexibility index (Phi) is 3.60. The van der Waals surface area contributed by atoms with Crippen molar-refractivity contribution in [2.75, 3.05) is 25.7 Å². The number of hydrogen-bond acceptors (Lipinski definition) is 4. The lowest BCUT2D eigenvalue weighted by Gasteiger charge is -2.20. The Bertz CT molecular complexity index is 723. The minimum Gasteiger partial charge on any atom is -0.497 e. The lowest BCUT2D eigenvalue weighted by atomic mass is 9.93. The number of nitrogens with zero attached hydrogens (tertiary/aromatic N) is 2. The number of carbonyl (C=O) groups excluding carboxylic acids is 2. The van der Waals surface area contributed by atoms with E-state index in [0.29, 0.717) is 29.6 Å². The first-order valence-electron chi connectivity index (χ1n) is 8.13. The average Bonchev–Trinajstić information content (AvgIpc) is 3.21. The van der Waals surface area contributed by atoms with Crippen LogP contribution in [0.5, 0.6) is 11.5 Å². The lowest BCUT2D eigenvalue weighted by Crippen LogP contribution is -2.35. The molecular weight excluding hydrogens is 332 g/mol. The van der Waals surface area contributed by atoms with Crippen LogP contribution >= 0.6 is 11.6 Å². The number of halogens is 1. The van der Waals surface area contributed by atoms with Gasteiger partial charge in [0, 0.05) is 18.7 Å². The maximum absolute atomic E-state index is 13.0. The molecule has 3 aliphatic rings. The van der Waals surface area contributed by atoms with Gasteiger partial charge in [-0.2, -0.15) is 0 Å². The second-order valence-corrected chi connectivity index (χ2v) is 6.95. The standard InChI is InChI=1S/C17H19ClN2O4/c1-23-10-6-12(14(18)13(7-10)24-2)20-16(21)15-11-5-3-4-9(11)8-19(15)17(20)22/h6-7,9,11,15H,3-5,8H2,1-2H3. The number of benzene rings is 1. The summed E-state index contributed by atoms with van der Waals surface area (Å²) >= 11 is 6.37. The summed E-state index contributed by atoms with van der Waals surface area (Å²) in [4.78, 5) is 28.8. The normalized spacial score (nSPS) is 28.4. The average molecular weight is 351 g/mol. The van der Waals surface area contributed by atoms with Gasteiger partial charge in [-0.05, 0) is 24.7 Å². The van der Waals surface area contributed by atoms with E-state index in [1.807, 2.05) is 0 Å². The second kappa shape index (κ2) is 5.55. The van der Waals surface area contributed by atoms with E-state index < -0.39 is 0 Å². The van der Waals surface area contributed by atoms with E-state index in [9.17, 15) is 9.59 Å². The van der Waals surface area contributed by atoms with Gasteiger partial charge in [0.2, 0.25) is 0 Å². The molecule has 2 heterocycles. The fourth-order valence-corrected chi connectivity index (χ4v) is 4.65. The molecule has 2 aliphatic heterocycles. The molecule has 0 bridgehead atoms. The van der Waals surface area contributed by atoms with Gasteiger partial charge in [0.1, 0.15) is 22.6 Å². The molecule has 1 aromatic carbocycles. The topological polar surface area (TPSA) is 59.1 Å². The number of hydrogen-bond donors (Lipinski definition) is 0. The number of amides is 3. The number of anilines is 1. The first-order chi connectivity index (χ1) is 11.6. The van der Waals surface area contributed by atoms with Crippen molar-refractivity contribution in [3.8, 4) is 11.5 Å². The van der Waals surface area contributed by atoms with Gasteiger partial charge in [0.05, 0.1) is 19.9 Å². The highest BCUT2D eigenvalue weighted by Gasteiger charge is 2.57. The smallest absolute Gasteiger partial charge is 0.332 e. The number of urea groups is 1. The van der Waals surface area contributed by atoms with Crippen LogP contribution in [0.4, 0.5) is 10.5 Å².